The van der Waals surface area contributed by atoms with Gasteiger partial charge in [-0.25, -0.2) is 0 Å². The number of azo groups is 1. The fraction of sp³-hybridized carbons (Fsp3) is 0.556. The minimum atomic E-state index is 0.720. The molecule has 2 rings (SSSR count). The lowest BCUT2D eigenvalue weighted by Gasteiger charge is -2.04. The second-order valence-corrected chi connectivity index (χ2v) is 8.98. The van der Waals surface area contributed by atoms with Gasteiger partial charge in [-0.3, -0.25) is 0 Å². The van der Waals surface area contributed by atoms with Crippen LogP contribution in [0.5, 0.6) is 5.75 Å². The number of halogens is 1. The number of nitrogens with zero attached hydrogens (tertiary/aromatic N) is 2. The molecule has 0 fully saturated rings. The first kappa shape index (κ1) is 25.6. The zero-order valence-electron chi connectivity index (χ0n) is 19.2. The highest BCUT2D eigenvalue weighted by Gasteiger charge is 1.98. The molecule has 0 unspecified atom stereocenters. The molecule has 4 heteroatoms. The lowest BCUT2D eigenvalue weighted by Crippen LogP contribution is -1.96. The Kier molecular flexibility index (Phi) is 14.0. The Hall–Kier alpha value is -1.68. The summed E-state index contributed by atoms with van der Waals surface area (Å²) in [6, 6.07) is 16.3. The highest BCUT2D eigenvalue weighted by molar-refractivity contribution is 9.09. The quantitative estimate of drug-likeness (QED) is 0.124. The summed E-state index contributed by atoms with van der Waals surface area (Å²) in [5, 5.41) is 9.65. The van der Waals surface area contributed by atoms with Gasteiger partial charge in [0, 0.05) is 5.33 Å². The van der Waals surface area contributed by atoms with Gasteiger partial charge in [-0.15, -0.1) is 0 Å². The van der Waals surface area contributed by atoms with Gasteiger partial charge in [-0.05, 0) is 61.2 Å². The zero-order valence-corrected chi connectivity index (χ0v) is 20.8. The second-order valence-electron chi connectivity index (χ2n) is 8.18. The van der Waals surface area contributed by atoms with Gasteiger partial charge in [0.05, 0.1) is 18.0 Å². The lowest BCUT2D eigenvalue weighted by molar-refractivity contribution is 0.319. The van der Waals surface area contributed by atoms with Crippen molar-refractivity contribution in [2.75, 3.05) is 11.9 Å². The van der Waals surface area contributed by atoms with Crippen molar-refractivity contribution in [3.8, 4) is 5.75 Å². The maximum absolute atomic E-state index is 5.65. The molecule has 0 bridgehead atoms. The van der Waals surface area contributed by atoms with Crippen LogP contribution >= 0.6 is 15.9 Å². The zero-order chi connectivity index (χ0) is 22.0. The molecule has 0 aliphatic heterocycles. The number of ether oxygens (including phenoxy) is 1. The summed E-state index contributed by atoms with van der Waals surface area (Å²) >= 11 is 3.41. The Morgan fingerprint density at radius 1 is 0.645 bits per heavy atom. The van der Waals surface area contributed by atoms with Crippen LogP contribution in [0.15, 0.2) is 58.8 Å². The predicted octanol–water partition coefficient (Wildman–Crippen LogP) is 9.73. The molecule has 0 amide bonds. The van der Waals surface area contributed by atoms with E-state index < -0.39 is 0 Å². The van der Waals surface area contributed by atoms with Gasteiger partial charge in [-0.2, -0.15) is 10.2 Å². The second kappa shape index (κ2) is 16.9. The van der Waals surface area contributed by atoms with Gasteiger partial charge < -0.3 is 4.74 Å². The largest absolute Gasteiger partial charge is 0.494 e. The Labute approximate surface area is 197 Å². The van der Waals surface area contributed by atoms with E-state index in [1.807, 2.05) is 24.3 Å². The van der Waals surface area contributed by atoms with Crippen molar-refractivity contribution in [3.05, 3.63) is 54.1 Å². The van der Waals surface area contributed by atoms with Gasteiger partial charge >= 0.3 is 0 Å². The normalized spacial score (nSPS) is 11.3. The van der Waals surface area contributed by atoms with E-state index >= 15 is 0 Å². The molecule has 0 saturated carbocycles. The molecule has 2 aromatic carbocycles. The van der Waals surface area contributed by atoms with Crippen molar-refractivity contribution in [1.29, 1.82) is 0 Å². The highest BCUT2D eigenvalue weighted by Crippen LogP contribution is 2.22. The monoisotopic (exact) mass is 486 g/mol. The molecule has 0 atom stereocenters. The third kappa shape index (κ3) is 12.1. The average Bonchev–Trinajstić information content (AvgIpc) is 2.81. The number of hydrogen-bond acceptors (Lipinski definition) is 3. The van der Waals surface area contributed by atoms with Crippen molar-refractivity contribution in [1.82, 2.24) is 0 Å². The maximum Gasteiger partial charge on any atom is 0.119 e. The van der Waals surface area contributed by atoms with Crippen molar-refractivity contribution in [3.63, 3.8) is 0 Å². The summed E-state index contributed by atoms with van der Waals surface area (Å²) in [5.41, 5.74) is 3.12. The van der Waals surface area contributed by atoms with Gasteiger partial charge in [0.25, 0.3) is 0 Å². The Morgan fingerprint density at radius 2 is 1.16 bits per heavy atom. The van der Waals surface area contributed by atoms with E-state index in [4.69, 9.17) is 4.74 Å². The molecule has 3 nitrogen and oxygen atoms in total. The van der Waals surface area contributed by atoms with E-state index in [2.05, 4.69) is 57.3 Å². The minimum Gasteiger partial charge on any atom is -0.494 e. The van der Waals surface area contributed by atoms with Gasteiger partial charge in [0.2, 0.25) is 0 Å². The molecule has 0 aromatic heterocycles. The van der Waals surface area contributed by atoms with Crippen LogP contribution in [0.25, 0.3) is 0 Å². The fourth-order valence-electron chi connectivity index (χ4n) is 3.51. The predicted molar refractivity (Wildman–Crippen MR) is 137 cm³/mol. The standard InChI is InChI=1S/C27H39BrN2O/c1-2-3-4-5-6-7-8-9-10-11-13-24-14-16-25(17-15-24)29-30-26-18-20-27(21-19-26)31-23-12-22-28/h14-21H,2-13,22-23H2,1H3. The Balaban J connectivity index is 1.61. The van der Waals surface area contributed by atoms with Crippen LogP contribution in [0.3, 0.4) is 0 Å². The molecular weight excluding hydrogens is 448 g/mol. The summed E-state index contributed by atoms with van der Waals surface area (Å²) in [5.74, 6) is 0.872. The molecule has 0 N–H and O–H groups in total. The molecular formula is C27H39BrN2O. The van der Waals surface area contributed by atoms with E-state index in [0.717, 1.165) is 41.9 Å². The highest BCUT2D eigenvalue weighted by atomic mass is 79.9. The van der Waals surface area contributed by atoms with Gasteiger partial charge in [0.15, 0.2) is 0 Å². The molecule has 0 heterocycles. The third-order valence-corrected chi connectivity index (χ3v) is 5.98. The number of rotatable bonds is 17. The maximum atomic E-state index is 5.65. The number of benzene rings is 2. The smallest absolute Gasteiger partial charge is 0.119 e. The lowest BCUT2D eigenvalue weighted by atomic mass is 10.0. The summed E-state index contributed by atoms with van der Waals surface area (Å²) in [6.07, 6.45) is 16.0. The van der Waals surface area contributed by atoms with Crippen LogP contribution in [0.2, 0.25) is 0 Å². The van der Waals surface area contributed by atoms with Crippen LogP contribution in [0.1, 0.15) is 83.1 Å². The van der Waals surface area contributed by atoms with E-state index in [9.17, 15) is 0 Å². The first-order valence-corrected chi connectivity index (χ1v) is 13.2. The third-order valence-electron chi connectivity index (χ3n) is 5.42. The van der Waals surface area contributed by atoms with Crippen LogP contribution in [-0.4, -0.2) is 11.9 Å². The van der Waals surface area contributed by atoms with E-state index in [-0.39, 0.29) is 0 Å². The van der Waals surface area contributed by atoms with Crippen molar-refractivity contribution in [2.45, 2.75) is 84.0 Å². The Bertz CT molecular complexity index is 713. The molecule has 31 heavy (non-hydrogen) atoms. The minimum absolute atomic E-state index is 0.720. The number of unbranched alkanes of at least 4 members (excludes halogenated alkanes) is 9. The summed E-state index contributed by atoms with van der Waals surface area (Å²) in [7, 11) is 0. The van der Waals surface area contributed by atoms with E-state index in [1.54, 1.807) is 0 Å². The van der Waals surface area contributed by atoms with Crippen LogP contribution in [0, 0.1) is 0 Å². The molecule has 170 valence electrons. The topological polar surface area (TPSA) is 34.0 Å². The number of aryl methyl sites for hydroxylation is 1. The van der Waals surface area contributed by atoms with Gasteiger partial charge in [-0.1, -0.05) is 92.8 Å². The molecule has 0 radical (unpaired) electrons. The van der Waals surface area contributed by atoms with Crippen LogP contribution in [-0.2, 0) is 6.42 Å². The summed E-state index contributed by atoms with van der Waals surface area (Å²) in [6.45, 7) is 3.00. The van der Waals surface area contributed by atoms with Crippen molar-refractivity contribution in [2.24, 2.45) is 10.2 Å². The van der Waals surface area contributed by atoms with Crippen LogP contribution in [0.4, 0.5) is 11.4 Å². The molecule has 0 saturated heterocycles. The summed E-state index contributed by atoms with van der Waals surface area (Å²) in [4.78, 5) is 0. The molecule has 0 spiro atoms. The fourth-order valence-corrected chi connectivity index (χ4v) is 3.74. The SMILES string of the molecule is CCCCCCCCCCCCc1ccc(N=Nc2ccc(OCCCBr)cc2)cc1. The average molecular weight is 488 g/mol. The van der Waals surface area contributed by atoms with E-state index in [1.165, 1.54) is 69.8 Å². The first-order chi connectivity index (χ1) is 15.3. The van der Waals surface area contributed by atoms with Crippen molar-refractivity contribution >= 4 is 27.3 Å². The van der Waals surface area contributed by atoms with Crippen LogP contribution < -0.4 is 4.74 Å². The number of alkyl halides is 1. The Morgan fingerprint density at radius 3 is 1.71 bits per heavy atom. The van der Waals surface area contributed by atoms with Gasteiger partial charge in [0.1, 0.15) is 5.75 Å². The summed E-state index contributed by atoms with van der Waals surface area (Å²) < 4.78 is 5.65. The molecule has 0 aliphatic rings. The van der Waals surface area contributed by atoms with Crippen molar-refractivity contribution < 1.29 is 4.74 Å². The first-order valence-electron chi connectivity index (χ1n) is 12.1. The molecule has 2 aromatic rings. The molecule has 0 aliphatic carbocycles. The number of hydrogen-bond donors (Lipinski definition) is 0. The van der Waals surface area contributed by atoms with E-state index in [0.29, 0.717) is 0 Å².